The van der Waals surface area contributed by atoms with Crippen LogP contribution in [0.15, 0.2) is 35.7 Å². The van der Waals surface area contributed by atoms with E-state index in [0.29, 0.717) is 18.2 Å². The van der Waals surface area contributed by atoms with Crippen molar-refractivity contribution in [3.8, 4) is 0 Å². The van der Waals surface area contributed by atoms with Crippen molar-refractivity contribution in [3.63, 3.8) is 0 Å². The molecule has 110 valence electrons. The Bertz CT molecular complexity index is 591. The van der Waals surface area contributed by atoms with E-state index in [0.717, 1.165) is 31.1 Å². The van der Waals surface area contributed by atoms with Crippen LogP contribution >= 0.6 is 11.3 Å². The number of nitrogens with zero attached hydrogens (tertiary/aromatic N) is 1. The topological polar surface area (TPSA) is 51.2 Å². The smallest absolute Gasteiger partial charge is 0.270 e. The van der Waals surface area contributed by atoms with Gasteiger partial charge in [-0.05, 0) is 12.0 Å². The number of nitrogens with one attached hydrogen (secondary N) is 1. The Morgan fingerprint density at radius 1 is 1.38 bits per heavy atom. The number of hydrogen-bond donors (Lipinski definition) is 1. The summed E-state index contributed by atoms with van der Waals surface area (Å²) in [7, 11) is 0. The number of carbonyl (C=O) groups is 1. The first-order valence-corrected chi connectivity index (χ1v) is 8.03. The SMILES string of the molecule is O=C(NC[C@H]1CCOC1)c1csc(Cc2ccccc2)n1. The molecule has 1 atom stereocenters. The molecule has 0 aliphatic carbocycles. The van der Waals surface area contributed by atoms with Gasteiger partial charge < -0.3 is 10.1 Å². The summed E-state index contributed by atoms with van der Waals surface area (Å²) in [5.41, 5.74) is 1.73. The van der Waals surface area contributed by atoms with Crippen LogP contribution in [0, 0.1) is 5.92 Å². The van der Waals surface area contributed by atoms with Gasteiger partial charge >= 0.3 is 0 Å². The van der Waals surface area contributed by atoms with E-state index in [4.69, 9.17) is 4.74 Å². The molecule has 0 unspecified atom stereocenters. The minimum Gasteiger partial charge on any atom is -0.381 e. The van der Waals surface area contributed by atoms with Crippen LogP contribution in [0.4, 0.5) is 0 Å². The lowest BCUT2D eigenvalue weighted by molar-refractivity contribution is 0.0940. The summed E-state index contributed by atoms with van der Waals surface area (Å²) in [6.45, 7) is 2.22. The Balaban J connectivity index is 1.55. The highest BCUT2D eigenvalue weighted by Crippen LogP contribution is 2.15. The van der Waals surface area contributed by atoms with Gasteiger partial charge in [-0.3, -0.25) is 4.79 Å². The average molecular weight is 302 g/mol. The molecule has 4 nitrogen and oxygen atoms in total. The van der Waals surface area contributed by atoms with Gasteiger partial charge in [0.05, 0.1) is 11.6 Å². The van der Waals surface area contributed by atoms with Gasteiger partial charge in [0.25, 0.3) is 5.91 Å². The Labute approximate surface area is 128 Å². The van der Waals surface area contributed by atoms with Crippen LogP contribution in [0.1, 0.15) is 27.5 Å². The molecule has 1 aliphatic rings. The van der Waals surface area contributed by atoms with Gasteiger partial charge in [0.15, 0.2) is 0 Å². The molecule has 1 aromatic carbocycles. The largest absolute Gasteiger partial charge is 0.381 e. The van der Waals surface area contributed by atoms with Gasteiger partial charge in [0.1, 0.15) is 5.69 Å². The molecule has 2 aromatic rings. The second-order valence-electron chi connectivity index (χ2n) is 5.23. The minimum atomic E-state index is -0.0857. The van der Waals surface area contributed by atoms with Crippen molar-refractivity contribution < 1.29 is 9.53 Å². The zero-order valence-corrected chi connectivity index (χ0v) is 12.6. The third-order valence-corrected chi connectivity index (χ3v) is 4.41. The number of amides is 1. The number of thiazole rings is 1. The molecular weight excluding hydrogens is 284 g/mol. The Kier molecular flexibility index (Phi) is 4.62. The summed E-state index contributed by atoms with van der Waals surface area (Å²) in [6, 6.07) is 10.2. The van der Waals surface area contributed by atoms with E-state index < -0.39 is 0 Å². The molecule has 0 bridgehead atoms. The third kappa shape index (κ3) is 3.89. The number of carbonyl (C=O) groups excluding carboxylic acids is 1. The van der Waals surface area contributed by atoms with Gasteiger partial charge in [-0.1, -0.05) is 30.3 Å². The zero-order chi connectivity index (χ0) is 14.5. The van der Waals surface area contributed by atoms with E-state index in [1.165, 1.54) is 16.9 Å². The fourth-order valence-electron chi connectivity index (χ4n) is 2.34. The molecule has 1 N–H and O–H groups in total. The van der Waals surface area contributed by atoms with E-state index in [-0.39, 0.29) is 5.91 Å². The molecule has 2 heterocycles. The lowest BCUT2D eigenvalue weighted by Gasteiger charge is -2.07. The second kappa shape index (κ2) is 6.83. The van der Waals surface area contributed by atoms with Crippen molar-refractivity contribution >= 4 is 17.2 Å². The van der Waals surface area contributed by atoms with Crippen LogP contribution in [0.5, 0.6) is 0 Å². The summed E-state index contributed by atoms with van der Waals surface area (Å²) in [6.07, 6.45) is 1.80. The number of hydrogen-bond acceptors (Lipinski definition) is 4. The van der Waals surface area contributed by atoms with Crippen molar-refractivity contribution in [1.82, 2.24) is 10.3 Å². The molecule has 5 heteroatoms. The van der Waals surface area contributed by atoms with Crippen LogP contribution < -0.4 is 5.32 Å². The Morgan fingerprint density at radius 3 is 3.00 bits per heavy atom. The molecule has 1 fully saturated rings. The van der Waals surface area contributed by atoms with E-state index in [1.54, 1.807) is 0 Å². The van der Waals surface area contributed by atoms with Crippen LogP contribution in [0.25, 0.3) is 0 Å². The van der Waals surface area contributed by atoms with Crippen molar-refractivity contribution in [3.05, 3.63) is 52.0 Å². The van der Waals surface area contributed by atoms with E-state index >= 15 is 0 Å². The average Bonchev–Trinajstić information content (AvgIpc) is 3.17. The molecule has 1 aliphatic heterocycles. The lowest BCUT2D eigenvalue weighted by atomic mass is 10.1. The maximum absolute atomic E-state index is 12.1. The predicted octanol–water partition coefficient (Wildman–Crippen LogP) is 2.50. The number of benzene rings is 1. The monoisotopic (exact) mass is 302 g/mol. The van der Waals surface area contributed by atoms with E-state index in [9.17, 15) is 4.79 Å². The maximum atomic E-state index is 12.1. The third-order valence-electron chi connectivity index (χ3n) is 3.56. The molecule has 3 rings (SSSR count). The van der Waals surface area contributed by atoms with Gasteiger partial charge in [-0.2, -0.15) is 0 Å². The van der Waals surface area contributed by atoms with Gasteiger partial charge in [-0.15, -0.1) is 11.3 Å². The normalized spacial score (nSPS) is 17.8. The fraction of sp³-hybridized carbons (Fsp3) is 0.375. The predicted molar refractivity (Wildman–Crippen MR) is 82.6 cm³/mol. The number of ether oxygens (including phenoxy) is 1. The van der Waals surface area contributed by atoms with Gasteiger partial charge in [-0.25, -0.2) is 4.98 Å². The van der Waals surface area contributed by atoms with Gasteiger partial charge in [0.2, 0.25) is 0 Å². The molecule has 0 radical (unpaired) electrons. The highest BCUT2D eigenvalue weighted by Gasteiger charge is 2.17. The van der Waals surface area contributed by atoms with Crippen LogP contribution in [-0.4, -0.2) is 30.6 Å². The molecular formula is C16H18N2O2S. The van der Waals surface area contributed by atoms with E-state index in [2.05, 4.69) is 22.4 Å². The maximum Gasteiger partial charge on any atom is 0.270 e. The van der Waals surface area contributed by atoms with Crippen molar-refractivity contribution in [2.45, 2.75) is 12.8 Å². The molecule has 1 amide bonds. The summed E-state index contributed by atoms with van der Waals surface area (Å²) in [5, 5.41) is 5.74. The summed E-state index contributed by atoms with van der Waals surface area (Å²) < 4.78 is 5.30. The zero-order valence-electron chi connectivity index (χ0n) is 11.7. The number of rotatable bonds is 5. The van der Waals surface area contributed by atoms with Gasteiger partial charge in [0, 0.05) is 30.9 Å². The van der Waals surface area contributed by atoms with Crippen LogP contribution in [-0.2, 0) is 11.2 Å². The molecule has 21 heavy (non-hydrogen) atoms. The minimum absolute atomic E-state index is 0.0857. The molecule has 0 saturated carbocycles. The Hall–Kier alpha value is -1.72. The molecule has 1 saturated heterocycles. The standard InChI is InChI=1S/C16H18N2O2S/c19-16(17-9-13-6-7-20-10-13)14-11-21-15(18-14)8-12-4-2-1-3-5-12/h1-5,11,13H,6-10H2,(H,17,19)/t13-/m1/s1. The Morgan fingerprint density at radius 2 is 2.24 bits per heavy atom. The highest BCUT2D eigenvalue weighted by molar-refractivity contribution is 7.09. The number of aromatic nitrogens is 1. The lowest BCUT2D eigenvalue weighted by Crippen LogP contribution is -2.29. The van der Waals surface area contributed by atoms with Crippen molar-refractivity contribution in [2.24, 2.45) is 5.92 Å². The summed E-state index contributed by atoms with van der Waals surface area (Å²) >= 11 is 1.53. The van der Waals surface area contributed by atoms with Crippen LogP contribution in [0.2, 0.25) is 0 Å². The molecule has 1 aromatic heterocycles. The summed E-state index contributed by atoms with van der Waals surface area (Å²) in [4.78, 5) is 16.5. The van der Waals surface area contributed by atoms with Crippen molar-refractivity contribution in [1.29, 1.82) is 0 Å². The van der Waals surface area contributed by atoms with Crippen LogP contribution in [0.3, 0.4) is 0 Å². The first kappa shape index (κ1) is 14.2. The molecule has 0 spiro atoms. The van der Waals surface area contributed by atoms with E-state index in [1.807, 2.05) is 23.6 Å². The fourth-order valence-corrected chi connectivity index (χ4v) is 3.15. The quantitative estimate of drug-likeness (QED) is 0.923. The summed E-state index contributed by atoms with van der Waals surface area (Å²) in [5.74, 6) is 0.355. The first-order valence-electron chi connectivity index (χ1n) is 7.15. The first-order chi connectivity index (χ1) is 10.3. The highest BCUT2D eigenvalue weighted by atomic mass is 32.1. The second-order valence-corrected chi connectivity index (χ2v) is 6.17. The van der Waals surface area contributed by atoms with Crippen molar-refractivity contribution in [2.75, 3.05) is 19.8 Å².